The summed E-state index contributed by atoms with van der Waals surface area (Å²) in [5, 5.41) is 11.0. The van der Waals surface area contributed by atoms with E-state index < -0.39 is 4.92 Å². The first-order valence-electron chi connectivity index (χ1n) is 6.00. The molecule has 1 amide bonds. The molecule has 0 saturated carbocycles. The van der Waals surface area contributed by atoms with E-state index in [1.807, 2.05) is 0 Å². The summed E-state index contributed by atoms with van der Waals surface area (Å²) in [7, 11) is 0. The second-order valence-corrected chi connectivity index (χ2v) is 4.29. The molecule has 7 nitrogen and oxygen atoms in total. The number of carbonyl (C=O) groups excluding carboxylic acids is 1. The number of anilines is 1. The SMILES string of the molecule is Nc1ccc([N+](=O)[O-])c(C(=O)N2CCCOCC2)c1. The van der Waals surface area contributed by atoms with Crippen molar-refractivity contribution in [1.29, 1.82) is 0 Å². The molecule has 1 heterocycles. The summed E-state index contributed by atoms with van der Waals surface area (Å²) < 4.78 is 5.26. The molecule has 1 aromatic rings. The molecule has 1 saturated heterocycles. The Morgan fingerprint density at radius 2 is 2.16 bits per heavy atom. The number of nitrogen functional groups attached to an aromatic ring is 1. The normalized spacial score (nSPS) is 15.9. The van der Waals surface area contributed by atoms with Crippen LogP contribution in [0.5, 0.6) is 0 Å². The number of hydrogen-bond donors (Lipinski definition) is 1. The van der Waals surface area contributed by atoms with Gasteiger partial charge in [0, 0.05) is 31.5 Å². The first kappa shape index (κ1) is 13.3. The van der Waals surface area contributed by atoms with E-state index in [1.54, 1.807) is 4.90 Å². The Hall–Kier alpha value is -2.15. The van der Waals surface area contributed by atoms with Gasteiger partial charge in [-0.2, -0.15) is 0 Å². The van der Waals surface area contributed by atoms with Crippen LogP contribution >= 0.6 is 0 Å². The van der Waals surface area contributed by atoms with Crippen LogP contribution in [-0.4, -0.2) is 42.0 Å². The summed E-state index contributed by atoms with van der Waals surface area (Å²) in [6, 6.07) is 4.03. The topological polar surface area (TPSA) is 98.7 Å². The second kappa shape index (κ2) is 5.66. The van der Waals surface area contributed by atoms with Crippen molar-refractivity contribution in [2.45, 2.75) is 6.42 Å². The van der Waals surface area contributed by atoms with Gasteiger partial charge in [-0.3, -0.25) is 14.9 Å². The zero-order chi connectivity index (χ0) is 13.8. The van der Waals surface area contributed by atoms with Gasteiger partial charge in [0.25, 0.3) is 11.6 Å². The third kappa shape index (κ3) is 3.00. The summed E-state index contributed by atoms with van der Waals surface area (Å²) in [4.78, 5) is 24.3. The van der Waals surface area contributed by atoms with E-state index in [0.717, 1.165) is 6.42 Å². The Bertz CT molecular complexity index is 496. The molecule has 1 fully saturated rings. The second-order valence-electron chi connectivity index (χ2n) is 4.29. The smallest absolute Gasteiger partial charge is 0.282 e. The fourth-order valence-electron chi connectivity index (χ4n) is 2.00. The highest BCUT2D eigenvalue weighted by Crippen LogP contribution is 2.23. The van der Waals surface area contributed by atoms with Crippen LogP contribution in [0.15, 0.2) is 18.2 Å². The van der Waals surface area contributed by atoms with Crippen molar-refractivity contribution < 1.29 is 14.5 Å². The number of nitro groups is 1. The number of hydrogen-bond acceptors (Lipinski definition) is 5. The molecule has 0 unspecified atom stereocenters. The highest BCUT2D eigenvalue weighted by Gasteiger charge is 2.25. The third-order valence-corrected chi connectivity index (χ3v) is 2.96. The molecule has 0 aliphatic carbocycles. The van der Waals surface area contributed by atoms with E-state index in [-0.39, 0.29) is 17.2 Å². The maximum atomic E-state index is 12.3. The number of ether oxygens (including phenoxy) is 1. The van der Waals surface area contributed by atoms with Gasteiger partial charge in [-0.25, -0.2) is 0 Å². The molecule has 2 rings (SSSR count). The lowest BCUT2D eigenvalue weighted by Gasteiger charge is -2.19. The quantitative estimate of drug-likeness (QED) is 0.489. The molecule has 0 bridgehead atoms. The molecule has 1 aliphatic rings. The van der Waals surface area contributed by atoms with Crippen LogP contribution in [0.2, 0.25) is 0 Å². The van der Waals surface area contributed by atoms with Gasteiger partial charge < -0.3 is 15.4 Å². The highest BCUT2D eigenvalue weighted by molar-refractivity contribution is 5.99. The summed E-state index contributed by atoms with van der Waals surface area (Å²) >= 11 is 0. The Morgan fingerprint density at radius 1 is 1.37 bits per heavy atom. The number of nitro benzene ring substituents is 1. The molecule has 7 heteroatoms. The molecule has 2 N–H and O–H groups in total. The lowest BCUT2D eigenvalue weighted by molar-refractivity contribution is -0.385. The maximum Gasteiger partial charge on any atom is 0.282 e. The van der Waals surface area contributed by atoms with Crippen LogP contribution in [0.1, 0.15) is 16.8 Å². The predicted molar refractivity (Wildman–Crippen MR) is 68.8 cm³/mol. The molecular formula is C12H15N3O4. The van der Waals surface area contributed by atoms with Crippen molar-refractivity contribution in [3.05, 3.63) is 33.9 Å². The molecule has 102 valence electrons. The van der Waals surface area contributed by atoms with Crippen molar-refractivity contribution in [2.75, 3.05) is 32.0 Å². The maximum absolute atomic E-state index is 12.3. The molecular weight excluding hydrogens is 250 g/mol. The predicted octanol–water partition coefficient (Wildman–Crippen LogP) is 1.04. The van der Waals surface area contributed by atoms with E-state index in [4.69, 9.17) is 10.5 Å². The number of nitrogens with zero attached hydrogens (tertiary/aromatic N) is 2. The number of nitrogens with two attached hydrogens (primary N) is 1. The largest absolute Gasteiger partial charge is 0.399 e. The lowest BCUT2D eigenvalue weighted by Crippen LogP contribution is -2.33. The van der Waals surface area contributed by atoms with Crippen LogP contribution in [0.25, 0.3) is 0 Å². The molecule has 0 spiro atoms. The van der Waals surface area contributed by atoms with Crippen molar-refractivity contribution in [2.24, 2.45) is 0 Å². The van der Waals surface area contributed by atoms with Crippen molar-refractivity contribution in [1.82, 2.24) is 4.90 Å². The van der Waals surface area contributed by atoms with Gasteiger partial charge in [-0.15, -0.1) is 0 Å². The molecule has 1 aliphatic heterocycles. The lowest BCUT2D eigenvalue weighted by atomic mass is 10.1. The average Bonchev–Trinajstić information content (AvgIpc) is 2.66. The molecule has 1 aromatic carbocycles. The van der Waals surface area contributed by atoms with Gasteiger partial charge in [0.15, 0.2) is 0 Å². The molecule has 0 atom stereocenters. The fraction of sp³-hybridized carbons (Fsp3) is 0.417. The number of amides is 1. The Balaban J connectivity index is 2.31. The summed E-state index contributed by atoms with van der Waals surface area (Å²) in [5.41, 5.74) is 5.76. The van der Waals surface area contributed by atoms with Crippen LogP contribution in [-0.2, 0) is 4.74 Å². The minimum absolute atomic E-state index is 0.0342. The van der Waals surface area contributed by atoms with Crippen LogP contribution < -0.4 is 5.73 Å². The van der Waals surface area contributed by atoms with Gasteiger partial charge in [0.05, 0.1) is 11.5 Å². The van der Waals surface area contributed by atoms with Crippen molar-refractivity contribution in [3.8, 4) is 0 Å². The molecule has 0 radical (unpaired) electrons. The van der Waals surface area contributed by atoms with Crippen LogP contribution in [0, 0.1) is 10.1 Å². The minimum atomic E-state index is -0.568. The Labute approximate surface area is 110 Å². The van der Waals surface area contributed by atoms with Crippen molar-refractivity contribution in [3.63, 3.8) is 0 Å². The zero-order valence-corrected chi connectivity index (χ0v) is 10.4. The van der Waals surface area contributed by atoms with E-state index in [2.05, 4.69) is 0 Å². The van der Waals surface area contributed by atoms with E-state index in [0.29, 0.717) is 32.0 Å². The number of rotatable bonds is 2. The number of benzene rings is 1. The average molecular weight is 265 g/mol. The standard InChI is InChI=1S/C12H15N3O4/c13-9-2-3-11(15(17)18)10(8-9)12(16)14-4-1-6-19-7-5-14/h2-3,8H,1,4-7,13H2. The fourth-order valence-corrected chi connectivity index (χ4v) is 2.00. The van der Waals surface area contributed by atoms with E-state index >= 15 is 0 Å². The highest BCUT2D eigenvalue weighted by atomic mass is 16.6. The van der Waals surface area contributed by atoms with Gasteiger partial charge in [-0.1, -0.05) is 0 Å². The zero-order valence-electron chi connectivity index (χ0n) is 10.4. The number of carbonyl (C=O) groups is 1. The summed E-state index contributed by atoms with van der Waals surface area (Å²) in [6.07, 6.45) is 0.724. The summed E-state index contributed by atoms with van der Waals surface area (Å²) in [5.74, 6) is -0.371. The van der Waals surface area contributed by atoms with Gasteiger partial charge in [0.2, 0.25) is 0 Å². The van der Waals surface area contributed by atoms with Crippen molar-refractivity contribution >= 4 is 17.3 Å². The third-order valence-electron chi connectivity index (χ3n) is 2.96. The van der Waals surface area contributed by atoms with E-state index in [9.17, 15) is 14.9 Å². The van der Waals surface area contributed by atoms with Gasteiger partial charge in [-0.05, 0) is 18.6 Å². The van der Waals surface area contributed by atoms with E-state index in [1.165, 1.54) is 18.2 Å². The summed E-state index contributed by atoms with van der Waals surface area (Å²) in [6.45, 7) is 2.01. The molecule has 19 heavy (non-hydrogen) atoms. The monoisotopic (exact) mass is 265 g/mol. The Morgan fingerprint density at radius 3 is 2.89 bits per heavy atom. The van der Waals surface area contributed by atoms with Crippen LogP contribution in [0.4, 0.5) is 11.4 Å². The van der Waals surface area contributed by atoms with Gasteiger partial charge in [0.1, 0.15) is 5.56 Å². The first-order valence-corrected chi connectivity index (χ1v) is 6.00. The van der Waals surface area contributed by atoms with Crippen LogP contribution in [0.3, 0.4) is 0 Å². The minimum Gasteiger partial charge on any atom is -0.399 e. The molecule has 0 aromatic heterocycles. The Kier molecular flexibility index (Phi) is 3.96. The first-order chi connectivity index (χ1) is 9.09. The van der Waals surface area contributed by atoms with Gasteiger partial charge >= 0.3 is 0 Å².